The van der Waals surface area contributed by atoms with Gasteiger partial charge in [0.05, 0.1) is 24.2 Å². The van der Waals surface area contributed by atoms with Crippen molar-refractivity contribution in [2.75, 3.05) is 19.7 Å². The zero-order chi connectivity index (χ0) is 27.1. The van der Waals surface area contributed by atoms with Gasteiger partial charge in [-0.1, -0.05) is 0 Å². The van der Waals surface area contributed by atoms with Crippen LogP contribution in [0.3, 0.4) is 0 Å². The summed E-state index contributed by atoms with van der Waals surface area (Å²) in [6.45, 7) is 1.03. The summed E-state index contributed by atoms with van der Waals surface area (Å²) in [6, 6.07) is 6.60. The molecule has 198 valence electrons. The highest BCUT2D eigenvalue weighted by Gasteiger charge is 2.29. The number of halogens is 3. The second-order valence-electron chi connectivity index (χ2n) is 8.41. The molecule has 0 saturated heterocycles. The van der Waals surface area contributed by atoms with Gasteiger partial charge in [-0.25, -0.2) is 4.98 Å². The van der Waals surface area contributed by atoms with Gasteiger partial charge in [0.25, 0.3) is 5.91 Å². The highest BCUT2D eigenvalue weighted by molar-refractivity contribution is 5.94. The van der Waals surface area contributed by atoms with E-state index in [1.54, 1.807) is 48.3 Å². The van der Waals surface area contributed by atoms with Crippen LogP contribution in [-0.4, -0.2) is 62.4 Å². The number of amides is 2. The van der Waals surface area contributed by atoms with Crippen molar-refractivity contribution >= 4 is 22.7 Å². The molecule has 0 aliphatic carbocycles. The van der Waals surface area contributed by atoms with Crippen molar-refractivity contribution in [1.29, 1.82) is 0 Å². The second kappa shape index (κ2) is 11.7. The molecule has 0 spiro atoms. The standard InChI is InChI=1S/C25H24F3N7O3/c1-16-10-17(12-33-24(16)38-15-25(26,27)28)13-35-14-19-20(34-35)4-7-30-21(19)11-22(36)31-8-9-32-23(37)18-2-5-29-6-3-18/h2-7,10,12,14H,8-9,11,13,15H2,1H3,(H,31,36)(H,32,37). The lowest BCUT2D eigenvalue weighted by Crippen LogP contribution is -2.35. The molecule has 0 aromatic carbocycles. The highest BCUT2D eigenvalue weighted by Crippen LogP contribution is 2.21. The first-order valence-electron chi connectivity index (χ1n) is 11.6. The van der Waals surface area contributed by atoms with E-state index < -0.39 is 12.8 Å². The van der Waals surface area contributed by atoms with Gasteiger partial charge in [0.2, 0.25) is 11.8 Å². The zero-order valence-corrected chi connectivity index (χ0v) is 20.3. The van der Waals surface area contributed by atoms with Crippen LogP contribution in [0.25, 0.3) is 10.9 Å². The van der Waals surface area contributed by atoms with Crippen molar-refractivity contribution < 1.29 is 27.5 Å². The van der Waals surface area contributed by atoms with Crippen LogP contribution in [-0.2, 0) is 17.8 Å². The van der Waals surface area contributed by atoms with Gasteiger partial charge in [0, 0.05) is 60.6 Å². The Morgan fingerprint density at radius 1 is 1.05 bits per heavy atom. The fourth-order valence-corrected chi connectivity index (χ4v) is 3.66. The largest absolute Gasteiger partial charge is 0.468 e. The first-order chi connectivity index (χ1) is 18.2. The highest BCUT2D eigenvalue weighted by atomic mass is 19.4. The summed E-state index contributed by atoms with van der Waals surface area (Å²) < 4.78 is 43.6. The Hall–Kier alpha value is -4.55. The summed E-state index contributed by atoms with van der Waals surface area (Å²) >= 11 is 0. The lowest BCUT2D eigenvalue weighted by atomic mass is 10.2. The van der Waals surface area contributed by atoms with Crippen molar-refractivity contribution in [2.24, 2.45) is 0 Å². The maximum absolute atomic E-state index is 12.5. The van der Waals surface area contributed by atoms with E-state index >= 15 is 0 Å². The summed E-state index contributed by atoms with van der Waals surface area (Å²) in [5, 5.41) is 10.7. The molecule has 0 bridgehead atoms. The summed E-state index contributed by atoms with van der Waals surface area (Å²) in [5.41, 5.74) is 2.85. The lowest BCUT2D eigenvalue weighted by Gasteiger charge is -2.11. The van der Waals surface area contributed by atoms with Gasteiger partial charge in [-0.15, -0.1) is 0 Å². The van der Waals surface area contributed by atoms with Crippen molar-refractivity contribution in [2.45, 2.75) is 26.1 Å². The number of rotatable bonds is 10. The molecular weight excluding hydrogens is 503 g/mol. The molecule has 0 fully saturated rings. The minimum atomic E-state index is -4.44. The summed E-state index contributed by atoms with van der Waals surface area (Å²) in [5.74, 6) is -0.592. The maximum atomic E-state index is 12.5. The van der Waals surface area contributed by atoms with Gasteiger partial charge < -0.3 is 15.4 Å². The van der Waals surface area contributed by atoms with Gasteiger partial charge in [0.1, 0.15) is 0 Å². The third kappa shape index (κ3) is 7.24. The van der Waals surface area contributed by atoms with Gasteiger partial charge in [0.15, 0.2) is 6.61 Å². The normalized spacial score (nSPS) is 11.4. The molecule has 0 atom stereocenters. The quantitative estimate of drug-likeness (QED) is 0.304. The molecule has 0 aliphatic rings. The summed E-state index contributed by atoms with van der Waals surface area (Å²) in [7, 11) is 0. The molecule has 2 N–H and O–H groups in total. The van der Waals surface area contributed by atoms with Gasteiger partial charge in [-0.05, 0) is 36.8 Å². The predicted molar refractivity (Wildman–Crippen MR) is 130 cm³/mol. The summed E-state index contributed by atoms with van der Waals surface area (Å²) in [6.07, 6.45) is 3.38. The van der Waals surface area contributed by atoms with E-state index in [4.69, 9.17) is 4.74 Å². The van der Waals surface area contributed by atoms with Crippen molar-refractivity contribution in [3.05, 3.63) is 77.6 Å². The molecule has 4 aromatic rings. The van der Waals surface area contributed by atoms with Crippen LogP contribution in [0.2, 0.25) is 0 Å². The average molecular weight is 528 g/mol. The number of aromatic nitrogens is 5. The molecule has 4 rings (SSSR count). The zero-order valence-electron chi connectivity index (χ0n) is 20.3. The average Bonchev–Trinajstić information content (AvgIpc) is 3.29. The number of hydrogen-bond acceptors (Lipinski definition) is 7. The number of ether oxygens (including phenoxy) is 1. The Balaban J connectivity index is 1.33. The Kier molecular flexibility index (Phi) is 8.14. The minimum absolute atomic E-state index is 0.0211. The Morgan fingerprint density at radius 2 is 1.82 bits per heavy atom. The smallest absolute Gasteiger partial charge is 0.422 e. The predicted octanol–water partition coefficient (Wildman–Crippen LogP) is 2.61. The second-order valence-corrected chi connectivity index (χ2v) is 8.41. The number of aryl methyl sites for hydroxylation is 1. The molecule has 4 aromatic heterocycles. The SMILES string of the molecule is Cc1cc(Cn2cc3c(CC(=O)NCCNC(=O)c4ccncc4)nccc3n2)cnc1OCC(F)(F)F. The molecule has 0 unspecified atom stereocenters. The Labute approximate surface area is 215 Å². The first-order valence-corrected chi connectivity index (χ1v) is 11.6. The molecule has 0 radical (unpaired) electrons. The molecule has 38 heavy (non-hydrogen) atoms. The molecule has 13 heteroatoms. The van der Waals surface area contributed by atoms with E-state index in [1.807, 2.05) is 0 Å². The Bertz CT molecular complexity index is 1420. The fraction of sp³-hybridized carbons (Fsp3) is 0.280. The van der Waals surface area contributed by atoms with E-state index in [2.05, 4.69) is 30.7 Å². The maximum Gasteiger partial charge on any atom is 0.422 e. The fourth-order valence-electron chi connectivity index (χ4n) is 3.66. The van der Waals surface area contributed by atoms with Gasteiger partial charge in [-0.2, -0.15) is 18.3 Å². The van der Waals surface area contributed by atoms with E-state index in [0.29, 0.717) is 34.3 Å². The van der Waals surface area contributed by atoms with Crippen molar-refractivity contribution in [3.63, 3.8) is 0 Å². The molecule has 2 amide bonds. The lowest BCUT2D eigenvalue weighted by molar-refractivity contribution is -0.154. The number of carbonyl (C=O) groups excluding carboxylic acids is 2. The van der Waals surface area contributed by atoms with Crippen LogP contribution in [0.15, 0.2) is 55.2 Å². The molecule has 10 nitrogen and oxygen atoms in total. The third-order valence-corrected chi connectivity index (χ3v) is 5.37. The molecule has 4 heterocycles. The third-order valence-electron chi connectivity index (χ3n) is 5.37. The van der Waals surface area contributed by atoms with E-state index in [-0.39, 0.29) is 37.2 Å². The molecule has 0 saturated carbocycles. The minimum Gasteiger partial charge on any atom is -0.468 e. The van der Waals surface area contributed by atoms with Gasteiger partial charge >= 0.3 is 6.18 Å². The number of nitrogens with zero attached hydrogens (tertiary/aromatic N) is 5. The number of pyridine rings is 3. The Morgan fingerprint density at radius 3 is 2.55 bits per heavy atom. The van der Waals surface area contributed by atoms with E-state index in [0.717, 1.165) is 5.56 Å². The van der Waals surface area contributed by atoms with Crippen LogP contribution in [0.1, 0.15) is 27.2 Å². The van der Waals surface area contributed by atoms with Crippen molar-refractivity contribution in [3.8, 4) is 5.88 Å². The monoisotopic (exact) mass is 527 g/mol. The van der Waals surface area contributed by atoms with Crippen LogP contribution in [0, 0.1) is 6.92 Å². The van der Waals surface area contributed by atoms with Crippen LogP contribution in [0.5, 0.6) is 5.88 Å². The number of hydrogen-bond donors (Lipinski definition) is 2. The number of carbonyl (C=O) groups is 2. The number of fused-ring (bicyclic) bond motifs is 1. The number of nitrogens with one attached hydrogen (secondary N) is 2. The van der Waals surface area contributed by atoms with E-state index in [9.17, 15) is 22.8 Å². The topological polar surface area (TPSA) is 124 Å². The molecule has 0 aliphatic heterocycles. The molecular formula is C25H24F3N7O3. The van der Waals surface area contributed by atoms with Crippen LogP contribution >= 0.6 is 0 Å². The van der Waals surface area contributed by atoms with Crippen LogP contribution < -0.4 is 15.4 Å². The van der Waals surface area contributed by atoms with Crippen molar-refractivity contribution in [1.82, 2.24) is 35.4 Å². The summed E-state index contributed by atoms with van der Waals surface area (Å²) in [4.78, 5) is 36.7. The first kappa shape index (κ1) is 26.5. The number of alkyl halides is 3. The van der Waals surface area contributed by atoms with Crippen LogP contribution in [0.4, 0.5) is 13.2 Å². The van der Waals surface area contributed by atoms with E-state index in [1.165, 1.54) is 18.6 Å². The van der Waals surface area contributed by atoms with Gasteiger partial charge in [-0.3, -0.25) is 24.2 Å².